The molecular weight excluding hydrogens is 258 g/mol. The first-order valence-electron chi connectivity index (χ1n) is 5.77. The first-order chi connectivity index (χ1) is 8.97. The molecule has 0 saturated carbocycles. The predicted molar refractivity (Wildman–Crippen MR) is 75.6 cm³/mol. The van der Waals surface area contributed by atoms with E-state index < -0.39 is 0 Å². The van der Waals surface area contributed by atoms with Gasteiger partial charge in [0.25, 0.3) is 0 Å². The number of aryl methyl sites for hydroxylation is 3. The van der Waals surface area contributed by atoms with Crippen molar-refractivity contribution in [1.29, 1.82) is 5.41 Å². The minimum atomic E-state index is 0.0116. The van der Waals surface area contributed by atoms with Crippen LogP contribution in [-0.2, 0) is 0 Å². The van der Waals surface area contributed by atoms with Crippen molar-refractivity contribution in [3.8, 4) is 0 Å². The minimum absolute atomic E-state index is 0.0116. The molecule has 0 aliphatic rings. The van der Waals surface area contributed by atoms with Crippen molar-refractivity contribution in [2.45, 2.75) is 31.0 Å². The smallest absolute Gasteiger partial charge is 0.194 e. The second kappa shape index (κ2) is 5.36. The van der Waals surface area contributed by atoms with E-state index >= 15 is 0 Å². The Morgan fingerprint density at radius 3 is 2.42 bits per heavy atom. The molecule has 0 radical (unpaired) electrons. The Bertz CT molecular complexity index is 619. The quantitative estimate of drug-likeness (QED) is 0.508. The molecular formula is C13H15N5S. The molecule has 0 saturated heterocycles. The molecule has 2 heterocycles. The summed E-state index contributed by atoms with van der Waals surface area (Å²) >= 11 is 1.33. The van der Waals surface area contributed by atoms with Crippen molar-refractivity contribution >= 4 is 17.6 Å². The summed E-state index contributed by atoms with van der Waals surface area (Å²) < 4.78 is 0. The Morgan fingerprint density at radius 2 is 1.84 bits per heavy atom. The molecule has 2 aromatic heterocycles. The van der Waals surface area contributed by atoms with Gasteiger partial charge in [0.05, 0.1) is 5.56 Å². The van der Waals surface area contributed by atoms with Gasteiger partial charge in [0.1, 0.15) is 10.9 Å². The molecule has 0 spiro atoms. The maximum absolute atomic E-state index is 7.65. The fourth-order valence-corrected chi connectivity index (χ4v) is 2.80. The molecule has 0 aliphatic carbocycles. The van der Waals surface area contributed by atoms with Crippen LogP contribution < -0.4 is 5.73 Å². The van der Waals surface area contributed by atoms with E-state index in [9.17, 15) is 0 Å². The molecule has 5 nitrogen and oxygen atoms in total. The van der Waals surface area contributed by atoms with Gasteiger partial charge in [-0.2, -0.15) is 0 Å². The number of hydrogen-bond donors (Lipinski definition) is 2. The Balaban J connectivity index is 2.43. The van der Waals surface area contributed by atoms with E-state index in [0.29, 0.717) is 15.7 Å². The van der Waals surface area contributed by atoms with Crippen LogP contribution in [0.25, 0.3) is 0 Å². The van der Waals surface area contributed by atoms with E-state index in [1.807, 2.05) is 32.9 Å². The second-order valence-electron chi connectivity index (χ2n) is 4.26. The van der Waals surface area contributed by atoms with Crippen LogP contribution >= 0.6 is 11.8 Å². The molecule has 0 unspecified atom stereocenters. The van der Waals surface area contributed by atoms with Gasteiger partial charge < -0.3 is 5.73 Å². The highest BCUT2D eigenvalue weighted by Gasteiger charge is 2.13. The zero-order chi connectivity index (χ0) is 14.0. The molecule has 0 aromatic carbocycles. The third kappa shape index (κ3) is 3.08. The molecule has 0 fully saturated rings. The van der Waals surface area contributed by atoms with Gasteiger partial charge >= 0.3 is 0 Å². The summed E-state index contributed by atoms with van der Waals surface area (Å²) in [7, 11) is 0. The Labute approximate surface area is 116 Å². The lowest BCUT2D eigenvalue weighted by atomic mass is 10.1. The third-order valence-corrected chi connectivity index (χ3v) is 3.41. The van der Waals surface area contributed by atoms with Gasteiger partial charge in [-0.1, -0.05) is 0 Å². The van der Waals surface area contributed by atoms with Gasteiger partial charge in [0, 0.05) is 17.6 Å². The molecule has 98 valence electrons. The Kier molecular flexibility index (Phi) is 3.80. The van der Waals surface area contributed by atoms with Crippen molar-refractivity contribution in [1.82, 2.24) is 15.0 Å². The summed E-state index contributed by atoms with van der Waals surface area (Å²) in [6.07, 6.45) is 1.70. The lowest BCUT2D eigenvalue weighted by Crippen LogP contribution is -2.15. The fourth-order valence-electron chi connectivity index (χ4n) is 1.76. The number of hydrogen-bond acceptors (Lipinski definition) is 5. The standard InChI is InChI=1S/C13H15N5S/c1-7-4-5-16-12(10(7)11(14)15)19-13-17-8(2)6-9(3)18-13/h4-6H,1-3H3,(H3,14,15). The summed E-state index contributed by atoms with van der Waals surface area (Å²) in [5.74, 6) is 0.0116. The van der Waals surface area contributed by atoms with E-state index in [1.54, 1.807) is 6.20 Å². The van der Waals surface area contributed by atoms with Gasteiger partial charge in [-0.3, -0.25) is 5.41 Å². The monoisotopic (exact) mass is 273 g/mol. The normalized spacial score (nSPS) is 10.5. The molecule has 0 amide bonds. The molecule has 0 aliphatic heterocycles. The molecule has 6 heteroatoms. The highest BCUT2D eigenvalue weighted by Crippen LogP contribution is 2.27. The summed E-state index contributed by atoms with van der Waals surface area (Å²) in [5, 5.41) is 8.94. The summed E-state index contributed by atoms with van der Waals surface area (Å²) in [4.78, 5) is 13.0. The average Bonchev–Trinajstić information content (AvgIpc) is 2.26. The largest absolute Gasteiger partial charge is 0.384 e. The van der Waals surface area contributed by atoms with Crippen LogP contribution in [-0.4, -0.2) is 20.8 Å². The number of nitrogens with one attached hydrogen (secondary N) is 1. The van der Waals surface area contributed by atoms with E-state index in [4.69, 9.17) is 11.1 Å². The molecule has 19 heavy (non-hydrogen) atoms. The lowest BCUT2D eigenvalue weighted by molar-refractivity contribution is 0.898. The van der Waals surface area contributed by atoms with E-state index in [0.717, 1.165) is 17.0 Å². The number of nitrogens with two attached hydrogens (primary N) is 1. The lowest BCUT2D eigenvalue weighted by Gasteiger charge is -2.09. The number of amidine groups is 1. The van der Waals surface area contributed by atoms with E-state index in [-0.39, 0.29) is 5.84 Å². The topological polar surface area (TPSA) is 88.5 Å². The van der Waals surface area contributed by atoms with Crippen molar-refractivity contribution < 1.29 is 0 Å². The van der Waals surface area contributed by atoms with E-state index in [1.165, 1.54) is 11.8 Å². The van der Waals surface area contributed by atoms with Crippen LogP contribution in [0.1, 0.15) is 22.5 Å². The van der Waals surface area contributed by atoms with Crippen molar-refractivity contribution in [2.75, 3.05) is 0 Å². The number of aromatic nitrogens is 3. The van der Waals surface area contributed by atoms with Crippen LogP contribution in [0.4, 0.5) is 0 Å². The molecule has 2 aromatic rings. The zero-order valence-corrected chi connectivity index (χ0v) is 11.9. The average molecular weight is 273 g/mol. The first kappa shape index (κ1) is 13.5. The van der Waals surface area contributed by atoms with Gasteiger partial charge in [-0.25, -0.2) is 15.0 Å². The summed E-state index contributed by atoms with van der Waals surface area (Å²) in [6, 6.07) is 3.75. The maximum Gasteiger partial charge on any atom is 0.194 e. The van der Waals surface area contributed by atoms with Crippen molar-refractivity contribution in [3.63, 3.8) is 0 Å². The van der Waals surface area contributed by atoms with Gasteiger partial charge in [-0.15, -0.1) is 0 Å². The Hall–Kier alpha value is -1.95. The predicted octanol–water partition coefficient (Wildman–Crippen LogP) is 2.23. The first-order valence-corrected chi connectivity index (χ1v) is 6.59. The highest BCUT2D eigenvalue weighted by molar-refractivity contribution is 7.99. The SMILES string of the molecule is Cc1cc(C)nc(Sc2nccc(C)c2C(=N)N)n1. The summed E-state index contributed by atoms with van der Waals surface area (Å²) in [6.45, 7) is 5.76. The molecule has 3 N–H and O–H groups in total. The van der Waals surface area contributed by atoms with Crippen LogP contribution in [0.3, 0.4) is 0 Å². The third-order valence-electron chi connectivity index (χ3n) is 2.54. The minimum Gasteiger partial charge on any atom is -0.384 e. The van der Waals surface area contributed by atoms with E-state index in [2.05, 4.69) is 15.0 Å². The highest BCUT2D eigenvalue weighted by atomic mass is 32.2. The van der Waals surface area contributed by atoms with Gasteiger partial charge in [0.2, 0.25) is 0 Å². The van der Waals surface area contributed by atoms with Crippen LogP contribution in [0.15, 0.2) is 28.5 Å². The molecule has 0 atom stereocenters. The van der Waals surface area contributed by atoms with Crippen molar-refractivity contribution in [3.05, 3.63) is 40.8 Å². The Morgan fingerprint density at radius 1 is 1.21 bits per heavy atom. The number of rotatable bonds is 3. The maximum atomic E-state index is 7.65. The van der Waals surface area contributed by atoms with Crippen LogP contribution in [0, 0.1) is 26.2 Å². The number of pyridine rings is 1. The van der Waals surface area contributed by atoms with Crippen molar-refractivity contribution in [2.24, 2.45) is 5.73 Å². The zero-order valence-electron chi connectivity index (χ0n) is 11.1. The van der Waals surface area contributed by atoms with Crippen LogP contribution in [0.5, 0.6) is 0 Å². The van der Waals surface area contributed by atoms with Gasteiger partial charge in [0.15, 0.2) is 5.16 Å². The molecule has 2 rings (SSSR count). The summed E-state index contributed by atoms with van der Waals surface area (Å²) in [5.41, 5.74) is 9.01. The van der Waals surface area contributed by atoms with Crippen LogP contribution in [0.2, 0.25) is 0 Å². The second-order valence-corrected chi connectivity index (χ2v) is 5.21. The fraction of sp³-hybridized carbons (Fsp3) is 0.231. The molecule has 0 bridgehead atoms. The number of nitrogens with zero attached hydrogens (tertiary/aromatic N) is 3. The van der Waals surface area contributed by atoms with Gasteiger partial charge in [-0.05, 0) is 50.2 Å². The number of nitrogen functional groups attached to an aromatic ring is 1.